The predicted molar refractivity (Wildman–Crippen MR) is 89.0 cm³/mol. The van der Waals surface area contributed by atoms with Gasteiger partial charge in [-0.15, -0.1) is 5.10 Å². The Labute approximate surface area is 139 Å². The molecule has 0 unspecified atom stereocenters. The standard InChI is InChI=1S/C17H17N5O2/c1-24-13-8-5-12(6-9-13)7-10-15-19-17(22-21-15)20-16(23)14-4-2-3-11-18-14/h2-6,8-9,11H,7,10H2,1H3,(H2,19,20,21,22,23). The number of aryl methyl sites for hydroxylation is 2. The maximum atomic E-state index is 12.0. The summed E-state index contributed by atoms with van der Waals surface area (Å²) in [5.74, 6) is 1.45. The molecule has 0 spiro atoms. The Kier molecular flexibility index (Phi) is 4.81. The number of hydrogen-bond acceptors (Lipinski definition) is 5. The second-order valence-electron chi connectivity index (χ2n) is 5.12. The number of ether oxygens (including phenoxy) is 1. The van der Waals surface area contributed by atoms with Crippen LogP contribution >= 0.6 is 0 Å². The molecule has 1 aromatic carbocycles. The molecular weight excluding hydrogens is 306 g/mol. The molecule has 2 aromatic heterocycles. The van der Waals surface area contributed by atoms with Crippen LogP contribution in [0.25, 0.3) is 0 Å². The van der Waals surface area contributed by atoms with Gasteiger partial charge in [0, 0.05) is 12.6 Å². The van der Waals surface area contributed by atoms with Gasteiger partial charge < -0.3 is 4.74 Å². The highest BCUT2D eigenvalue weighted by molar-refractivity contribution is 6.01. The van der Waals surface area contributed by atoms with Crippen LogP contribution in [-0.4, -0.2) is 33.2 Å². The first-order valence-corrected chi connectivity index (χ1v) is 7.51. The third-order valence-corrected chi connectivity index (χ3v) is 3.46. The molecule has 0 aliphatic rings. The predicted octanol–water partition coefficient (Wildman–Crippen LogP) is 2.25. The Hall–Kier alpha value is -3.22. The van der Waals surface area contributed by atoms with Crippen molar-refractivity contribution in [2.45, 2.75) is 12.8 Å². The number of carbonyl (C=O) groups excluding carboxylic acids is 1. The summed E-state index contributed by atoms with van der Waals surface area (Å²) >= 11 is 0. The fourth-order valence-corrected chi connectivity index (χ4v) is 2.18. The van der Waals surface area contributed by atoms with Crippen LogP contribution in [0.1, 0.15) is 21.9 Å². The minimum Gasteiger partial charge on any atom is -0.497 e. The van der Waals surface area contributed by atoms with Crippen LogP contribution in [0.2, 0.25) is 0 Å². The van der Waals surface area contributed by atoms with Crippen molar-refractivity contribution < 1.29 is 9.53 Å². The Bertz CT molecular complexity index is 799. The zero-order valence-electron chi connectivity index (χ0n) is 13.2. The average Bonchev–Trinajstić information content (AvgIpc) is 3.08. The second kappa shape index (κ2) is 7.36. The van der Waals surface area contributed by atoms with Crippen LogP contribution in [0.4, 0.5) is 5.95 Å². The number of amides is 1. The van der Waals surface area contributed by atoms with E-state index in [9.17, 15) is 4.79 Å². The number of aromatic nitrogens is 4. The fourth-order valence-electron chi connectivity index (χ4n) is 2.18. The van der Waals surface area contributed by atoms with Crippen molar-refractivity contribution in [2.24, 2.45) is 0 Å². The monoisotopic (exact) mass is 323 g/mol. The highest BCUT2D eigenvalue weighted by atomic mass is 16.5. The Morgan fingerprint density at radius 2 is 2.00 bits per heavy atom. The van der Waals surface area contributed by atoms with Gasteiger partial charge in [-0.05, 0) is 36.2 Å². The average molecular weight is 323 g/mol. The number of anilines is 1. The van der Waals surface area contributed by atoms with Gasteiger partial charge in [-0.3, -0.25) is 20.2 Å². The number of hydrogen-bond donors (Lipinski definition) is 2. The molecule has 0 fully saturated rings. The molecule has 122 valence electrons. The van der Waals surface area contributed by atoms with E-state index in [1.807, 2.05) is 24.3 Å². The molecule has 2 heterocycles. The van der Waals surface area contributed by atoms with Crippen molar-refractivity contribution >= 4 is 11.9 Å². The third-order valence-electron chi connectivity index (χ3n) is 3.46. The van der Waals surface area contributed by atoms with Crippen LogP contribution in [0.5, 0.6) is 5.75 Å². The lowest BCUT2D eigenvalue weighted by molar-refractivity contribution is 0.102. The van der Waals surface area contributed by atoms with Crippen molar-refractivity contribution in [3.8, 4) is 5.75 Å². The third kappa shape index (κ3) is 3.95. The van der Waals surface area contributed by atoms with Crippen molar-refractivity contribution in [1.82, 2.24) is 20.2 Å². The van der Waals surface area contributed by atoms with E-state index in [0.717, 1.165) is 12.2 Å². The summed E-state index contributed by atoms with van der Waals surface area (Å²) in [5, 5.41) is 9.46. The number of nitrogens with one attached hydrogen (secondary N) is 2. The first-order chi connectivity index (χ1) is 11.7. The highest BCUT2D eigenvalue weighted by Gasteiger charge is 2.10. The molecule has 0 saturated heterocycles. The number of rotatable bonds is 6. The van der Waals surface area contributed by atoms with Gasteiger partial charge in [0.25, 0.3) is 5.91 Å². The summed E-state index contributed by atoms with van der Waals surface area (Å²) in [6.45, 7) is 0. The molecule has 7 nitrogen and oxygen atoms in total. The number of aromatic amines is 1. The number of H-pyrrole nitrogens is 1. The molecular formula is C17H17N5O2. The van der Waals surface area contributed by atoms with Crippen molar-refractivity contribution in [3.63, 3.8) is 0 Å². The van der Waals surface area contributed by atoms with E-state index >= 15 is 0 Å². The zero-order chi connectivity index (χ0) is 16.8. The van der Waals surface area contributed by atoms with E-state index in [2.05, 4.69) is 25.5 Å². The van der Waals surface area contributed by atoms with E-state index in [1.165, 1.54) is 5.56 Å². The van der Waals surface area contributed by atoms with Crippen LogP contribution < -0.4 is 10.1 Å². The van der Waals surface area contributed by atoms with E-state index in [0.29, 0.717) is 17.9 Å². The quantitative estimate of drug-likeness (QED) is 0.726. The molecule has 3 rings (SSSR count). The number of carbonyl (C=O) groups is 1. The van der Waals surface area contributed by atoms with Crippen LogP contribution in [0.3, 0.4) is 0 Å². The smallest absolute Gasteiger partial charge is 0.276 e. The Morgan fingerprint density at radius 1 is 1.17 bits per heavy atom. The molecule has 24 heavy (non-hydrogen) atoms. The SMILES string of the molecule is COc1ccc(CCc2nc(NC(=O)c3ccccn3)n[nH]2)cc1. The summed E-state index contributed by atoms with van der Waals surface area (Å²) in [4.78, 5) is 20.2. The molecule has 0 aliphatic heterocycles. The van der Waals surface area contributed by atoms with Crippen molar-refractivity contribution in [2.75, 3.05) is 12.4 Å². The lowest BCUT2D eigenvalue weighted by atomic mass is 10.1. The molecule has 0 atom stereocenters. The summed E-state index contributed by atoms with van der Waals surface area (Å²) in [6.07, 6.45) is 3.07. The van der Waals surface area contributed by atoms with Crippen LogP contribution in [-0.2, 0) is 12.8 Å². The van der Waals surface area contributed by atoms with Gasteiger partial charge in [0.1, 0.15) is 17.3 Å². The Morgan fingerprint density at radius 3 is 2.71 bits per heavy atom. The number of nitrogens with zero attached hydrogens (tertiary/aromatic N) is 3. The van der Waals surface area contributed by atoms with Crippen LogP contribution in [0.15, 0.2) is 48.7 Å². The van der Waals surface area contributed by atoms with Gasteiger partial charge in [0.05, 0.1) is 7.11 Å². The van der Waals surface area contributed by atoms with Gasteiger partial charge in [-0.2, -0.15) is 4.98 Å². The van der Waals surface area contributed by atoms with Gasteiger partial charge in [0.2, 0.25) is 5.95 Å². The topological polar surface area (TPSA) is 92.8 Å². The van der Waals surface area contributed by atoms with E-state index in [-0.39, 0.29) is 11.9 Å². The number of methoxy groups -OCH3 is 1. The lowest BCUT2D eigenvalue weighted by Crippen LogP contribution is -2.14. The van der Waals surface area contributed by atoms with E-state index in [1.54, 1.807) is 31.5 Å². The summed E-state index contributed by atoms with van der Waals surface area (Å²) in [7, 11) is 1.64. The molecule has 7 heteroatoms. The summed E-state index contributed by atoms with van der Waals surface area (Å²) < 4.78 is 5.13. The van der Waals surface area contributed by atoms with E-state index in [4.69, 9.17) is 4.74 Å². The van der Waals surface area contributed by atoms with Crippen molar-refractivity contribution in [1.29, 1.82) is 0 Å². The molecule has 0 bridgehead atoms. The fraction of sp³-hybridized carbons (Fsp3) is 0.176. The maximum absolute atomic E-state index is 12.0. The molecule has 3 aromatic rings. The van der Waals surface area contributed by atoms with Crippen molar-refractivity contribution in [3.05, 3.63) is 65.7 Å². The molecule has 0 radical (unpaired) electrons. The normalized spacial score (nSPS) is 10.4. The van der Waals surface area contributed by atoms with Gasteiger partial charge in [0.15, 0.2) is 0 Å². The minimum absolute atomic E-state index is 0.246. The second-order valence-corrected chi connectivity index (χ2v) is 5.12. The largest absolute Gasteiger partial charge is 0.497 e. The maximum Gasteiger partial charge on any atom is 0.276 e. The van der Waals surface area contributed by atoms with Gasteiger partial charge in [-0.1, -0.05) is 18.2 Å². The zero-order valence-corrected chi connectivity index (χ0v) is 13.2. The molecule has 0 aliphatic carbocycles. The first kappa shape index (κ1) is 15.7. The van der Waals surface area contributed by atoms with E-state index < -0.39 is 0 Å². The first-order valence-electron chi connectivity index (χ1n) is 7.51. The number of pyridine rings is 1. The molecule has 1 amide bonds. The molecule has 0 saturated carbocycles. The number of benzene rings is 1. The van der Waals surface area contributed by atoms with Crippen LogP contribution in [0, 0.1) is 0 Å². The lowest BCUT2D eigenvalue weighted by Gasteiger charge is -2.02. The summed E-state index contributed by atoms with van der Waals surface area (Å²) in [6, 6.07) is 13.0. The van der Waals surface area contributed by atoms with Gasteiger partial charge >= 0.3 is 0 Å². The molecule has 2 N–H and O–H groups in total. The highest BCUT2D eigenvalue weighted by Crippen LogP contribution is 2.13. The minimum atomic E-state index is -0.337. The Balaban J connectivity index is 1.56. The summed E-state index contributed by atoms with van der Waals surface area (Å²) in [5.41, 5.74) is 1.49. The van der Waals surface area contributed by atoms with Gasteiger partial charge in [-0.25, -0.2) is 0 Å².